The minimum atomic E-state index is -1.51. The van der Waals surface area contributed by atoms with Gasteiger partial charge in [-0.15, -0.1) is 0 Å². The summed E-state index contributed by atoms with van der Waals surface area (Å²) in [7, 11) is 0. The molecule has 1 aliphatic heterocycles. The number of carbonyl (C=O) groups excluding carboxylic acids is 2. The molecule has 5 N–H and O–H groups in total. The molecule has 0 saturated carbocycles. The second kappa shape index (κ2) is 36.3. The first-order chi connectivity index (χ1) is 27.3. The Hall–Kier alpha value is -1.75. The van der Waals surface area contributed by atoms with Gasteiger partial charge < -0.3 is 35.4 Å². The van der Waals surface area contributed by atoms with Crippen molar-refractivity contribution in [2.45, 2.75) is 263 Å². The van der Waals surface area contributed by atoms with Gasteiger partial charge in [0.15, 0.2) is 6.23 Å². The van der Waals surface area contributed by atoms with Crippen LogP contribution in [-0.2, 0) is 19.1 Å². The van der Waals surface area contributed by atoms with E-state index in [0.717, 1.165) is 51.4 Å². The standard InChI is InChI=1S/C46H88N2O8/c1-3-5-7-9-11-13-15-17-19-21-23-25-27-29-31-33-37-48(41(51)34-32-30-28-26-24-22-20-18-16-14-12-10-8-6-4-2)46-43(47-40(50)35-36-42(52)53)45(55)44(54)39(38-49)56-46/h39,43-46,49,54-55H,3-38H2,1-2H3,(H,47,50)(H,52,53)/t39-,43+,44+,45-,46-/m1/s1. The van der Waals surface area contributed by atoms with Gasteiger partial charge in [-0.2, -0.15) is 0 Å². The Bertz CT molecular complexity index is 952. The van der Waals surface area contributed by atoms with Crippen molar-refractivity contribution in [2.75, 3.05) is 13.2 Å². The number of ether oxygens (including phenoxy) is 1. The van der Waals surface area contributed by atoms with Crippen LogP contribution in [0.5, 0.6) is 0 Å². The van der Waals surface area contributed by atoms with Crippen molar-refractivity contribution in [3.8, 4) is 0 Å². The lowest BCUT2D eigenvalue weighted by Crippen LogP contribution is -2.68. The maximum atomic E-state index is 13.8. The summed E-state index contributed by atoms with van der Waals surface area (Å²) in [6.07, 6.45) is 32.7. The number of unbranched alkanes of at least 4 members (excludes halogenated alkanes) is 29. The van der Waals surface area contributed by atoms with E-state index in [-0.39, 0.29) is 18.7 Å². The van der Waals surface area contributed by atoms with Crippen molar-refractivity contribution in [3.05, 3.63) is 0 Å². The lowest BCUT2D eigenvalue weighted by atomic mass is 9.94. The summed E-state index contributed by atoms with van der Waals surface area (Å²) < 4.78 is 6.06. The zero-order valence-electron chi connectivity index (χ0n) is 36.2. The quantitative estimate of drug-likeness (QED) is 0.0385. The van der Waals surface area contributed by atoms with Crippen molar-refractivity contribution in [3.63, 3.8) is 0 Å². The highest BCUT2D eigenvalue weighted by molar-refractivity contribution is 5.81. The largest absolute Gasteiger partial charge is 0.481 e. The number of hydrogen-bond donors (Lipinski definition) is 5. The van der Waals surface area contributed by atoms with E-state index in [2.05, 4.69) is 19.2 Å². The number of carboxylic acid groups (broad SMARTS) is 1. The Morgan fingerprint density at radius 3 is 1.27 bits per heavy atom. The van der Waals surface area contributed by atoms with Crippen LogP contribution in [0, 0.1) is 0 Å². The van der Waals surface area contributed by atoms with Gasteiger partial charge in [-0.25, -0.2) is 0 Å². The van der Waals surface area contributed by atoms with Gasteiger partial charge in [0.25, 0.3) is 0 Å². The average Bonchev–Trinajstić information content (AvgIpc) is 3.18. The number of aliphatic hydroxyl groups is 3. The van der Waals surface area contributed by atoms with Crippen LogP contribution in [0.2, 0.25) is 0 Å². The van der Waals surface area contributed by atoms with Crippen molar-refractivity contribution in [1.29, 1.82) is 0 Å². The number of carboxylic acids is 1. The van der Waals surface area contributed by atoms with E-state index >= 15 is 0 Å². The number of rotatable bonds is 39. The van der Waals surface area contributed by atoms with Crippen LogP contribution in [0.3, 0.4) is 0 Å². The molecule has 1 heterocycles. The van der Waals surface area contributed by atoms with Crippen LogP contribution in [0.1, 0.15) is 232 Å². The van der Waals surface area contributed by atoms with Crippen molar-refractivity contribution in [2.24, 2.45) is 0 Å². The lowest BCUT2D eigenvalue weighted by molar-refractivity contribution is -0.231. The third-order valence-corrected chi connectivity index (χ3v) is 11.7. The van der Waals surface area contributed by atoms with E-state index in [1.807, 2.05) is 0 Å². The summed E-state index contributed by atoms with van der Waals surface area (Å²) in [6.45, 7) is 4.32. The SMILES string of the molecule is CCCCCCCCCCCCCCCCCCN(C(=O)CCCCCCCCCCCCCCCCC)[C@@H]1O[C@H](CO)[C@H](O)[C@H](O)[C@@H]1NC(=O)CCC(=O)O. The van der Waals surface area contributed by atoms with E-state index < -0.39 is 49.1 Å². The van der Waals surface area contributed by atoms with Gasteiger partial charge in [0, 0.05) is 19.4 Å². The summed E-state index contributed by atoms with van der Waals surface area (Å²) in [4.78, 5) is 39.2. The highest BCUT2D eigenvalue weighted by Gasteiger charge is 2.48. The monoisotopic (exact) mass is 797 g/mol. The fourth-order valence-electron chi connectivity index (χ4n) is 8.01. The molecule has 0 unspecified atom stereocenters. The molecule has 0 aliphatic carbocycles. The molecule has 1 rings (SSSR count). The highest BCUT2D eigenvalue weighted by Crippen LogP contribution is 2.26. The van der Waals surface area contributed by atoms with E-state index in [1.165, 1.54) is 148 Å². The second-order valence-electron chi connectivity index (χ2n) is 16.8. The molecule has 5 atom stereocenters. The van der Waals surface area contributed by atoms with Crippen LogP contribution in [0.4, 0.5) is 0 Å². The molecule has 0 aromatic rings. The lowest BCUT2D eigenvalue weighted by Gasteiger charge is -2.47. The zero-order chi connectivity index (χ0) is 41.1. The summed E-state index contributed by atoms with van der Waals surface area (Å²) in [5.41, 5.74) is 0. The Morgan fingerprint density at radius 1 is 0.518 bits per heavy atom. The molecule has 1 saturated heterocycles. The van der Waals surface area contributed by atoms with Gasteiger partial charge in [0.2, 0.25) is 11.8 Å². The Kier molecular flexibility index (Phi) is 33.9. The normalized spacial score (nSPS) is 19.6. The summed E-state index contributed by atoms with van der Waals surface area (Å²) in [5, 5.41) is 43.4. The molecule has 0 aromatic heterocycles. The predicted molar refractivity (Wildman–Crippen MR) is 227 cm³/mol. The molecule has 0 bridgehead atoms. The Labute approximate surface area is 342 Å². The Morgan fingerprint density at radius 2 is 0.893 bits per heavy atom. The number of carbonyl (C=O) groups is 3. The van der Waals surface area contributed by atoms with Crippen LogP contribution in [-0.4, -0.2) is 86.8 Å². The zero-order valence-corrected chi connectivity index (χ0v) is 36.2. The maximum Gasteiger partial charge on any atom is 0.303 e. The molecule has 0 aromatic carbocycles. The molecule has 2 amide bonds. The molecular formula is C46H88N2O8. The van der Waals surface area contributed by atoms with Gasteiger partial charge in [-0.05, 0) is 12.8 Å². The number of aliphatic hydroxyl groups excluding tert-OH is 3. The molecule has 330 valence electrons. The summed E-state index contributed by atoms with van der Waals surface area (Å²) >= 11 is 0. The van der Waals surface area contributed by atoms with Crippen LogP contribution >= 0.6 is 0 Å². The first kappa shape index (κ1) is 52.3. The number of amides is 2. The van der Waals surface area contributed by atoms with Gasteiger partial charge in [-0.1, -0.05) is 200 Å². The third-order valence-electron chi connectivity index (χ3n) is 11.7. The van der Waals surface area contributed by atoms with Crippen molar-refractivity contribution in [1.82, 2.24) is 10.2 Å². The first-order valence-electron chi connectivity index (χ1n) is 23.7. The van der Waals surface area contributed by atoms with Gasteiger partial charge in [0.1, 0.15) is 24.4 Å². The molecule has 10 heteroatoms. The van der Waals surface area contributed by atoms with Crippen LogP contribution < -0.4 is 5.32 Å². The second-order valence-corrected chi connectivity index (χ2v) is 16.8. The third kappa shape index (κ3) is 26.3. The summed E-state index contributed by atoms with van der Waals surface area (Å²) in [5.74, 6) is -1.88. The van der Waals surface area contributed by atoms with E-state index in [9.17, 15) is 29.7 Å². The fourth-order valence-corrected chi connectivity index (χ4v) is 8.01. The van der Waals surface area contributed by atoms with Gasteiger partial charge >= 0.3 is 5.97 Å². The molecule has 0 spiro atoms. The topological polar surface area (TPSA) is 157 Å². The van der Waals surface area contributed by atoms with Crippen molar-refractivity contribution < 1.29 is 39.5 Å². The molecular weight excluding hydrogens is 709 g/mol. The van der Waals surface area contributed by atoms with E-state index in [4.69, 9.17) is 9.84 Å². The molecule has 10 nitrogen and oxygen atoms in total. The average molecular weight is 797 g/mol. The molecule has 1 aliphatic rings. The minimum absolute atomic E-state index is 0.143. The Balaban J connectivity index is 2.59. The maximum absolute atomic E-state index is 13.8. The molecule has 56 heavy (non-hydrogen) atoms. The highest BCUT2D eigenvalue weighted by atomic mass is 16.5. The molecule has 0 radical (unpaired) electrons. The summed E-state index contributed by atoms with van der Waals surface area (Å²) in [6, 6.07) is -1.17. The predicted octanol–water partition coefficient (Wildman–Crippen LogP) is 10.1. The minimum Gasteiger partial charge on any atom is -0.481 e. The fraction of sp³-hybridized carbons (Fsp3) is 0.935. The van der Waals surface area contributed by atoms with E-state index in [1.54, 1.807) is 4.90 Å². The van der Waals surface area contributed by atoms with Crippen LogP contribution in [0.25, 0.3) is 0 Å². The van der Waals surface area contributed by atoms with Crippen molar-refractivity contribution >= 4 is 17.8 Å². The van der Waals surface area contributed by atoms with E-state index in [0.29, 0.717) is 13.0 Å². The number of aliphatic carboxylic acids is 1. The number of hydrogen-bond acceptors (Lipinski definition) is 7. The van der Waals surface area contributed by atoms with Gasteiger partial charge in [-0.3, -0.25) is 14.4 Å². The van der Waals surface area contributed by atoms with Crippen LogP contribution in [0.15, 0.2) is 0 Å². The number of nitrogens with zero attached hydrogens (tertiary/aromatic N) is 1. The molecule has 1 fully saturated rings. The first-order valence-corrected chi connectivity index (χ1v) is 23.7. The smallest absolute Gasteiger partial charge is 0.303 e. The van der Waals surface area contributed by atoms with Gasteiger partial charge in [0.05, 0.1) is 13.0 Å². The number of nitrogens with one attached hydrogen (secondary N) is 1.